The van der Waals surface area contributed by atoms with Crippen LogP contribution in [0.4, 0.5) is 0 Å². The smallest absolute Gasteiger partial charge is 0.254 e. The number of carbonyl (C=O) groups excluding carboxylic acids is 3. The third-order valence-electron chi connectivity index (χ3n) is 8.90. The second kappa shape index (κ2) is 15.2. The molecule has 0 unspecified atom stereocenters. The number of nitrogens with zero attached hydrogens (tertiary/aromatic N) is 3. The Kier molecular flexibility index (Phi) is 11.7. The van der Waals surface area contributed by atoms with Crippen LogP contribution in [0.15, 0.2) is 48.5 Å². The zero-order valence-electron chi connectivity index (χ0n) is 26.3. The van der Waals surface area contributed by atoms with Gasteiger partial charge in [-0.25, -0.2) is 0 Å². The summed E-state index contributed by atoms with van der Waals surface area (Å²) in [5.41, 5.74) is 1.07. The van der Waals surface area contributed by atoms with E-state index in [1.54, 1.807) is 12.1 Å². The molecule has 3 aliphatic heterocycles. The number of nitrogens with one attached hydrogen (secondary N) is 1. The number of halogens is 1. The van der Waals surface area contributed by atoms with Gasteiger partial charge in [0.25, 0.3) is 5.91 Å². The Labute approximate surface area is 267 Å². The Hall–Kier alpha value is -3.14. The van der Waals surface area contributed by atoms with Gasteiger partial charge in [-0.3, -0.25) is 19.3 Å². The highest BCUT2D eigenvalue weighted by atomic mass is 35.5. The van der Waals surface area contributed by atoms with Crippen molar-refractivity contribution in [2.75, 3.05) is 45.9 Å². The van der Waals surface area contributed by atoms with Gasteiger partial charge in [0, 0.05) is 44.8 Å². The summed E-state index contributed by atoms with van der Waals surface area (Å²) in [6.07, 6.45) is 3.86. The normalized spacial score (nSPS) is 20.4. The largest absolute Gasteiger partial charge is 0.457 e. The highest BCUT2D eigenvalue weighted by Gasteiger charge is 2.53. The minimum atomic E-state index is -0.740. The van der Waals surface area contributed by atoms with Gasteiger partial charge in [0.05, 0.1) is 13.2 Å². The summed E-state index contributed by atoms with van der Waals surface area (Å²) >= 11 is 0. The summed E-state index contributed by atoms with van der Waals surface area (Å²) in [5.74, 6) is 1.87. The molecule has 10 heteroatoms. The molecule has 9 nitrogen and oxygen atoms in total. The lowest BCUT2D eigenvalue weighted by molar-refractivity contribution is -0.161. The number of ether oxygens (including phenoxy) is 2. The minimum Gasteiger partial charge on any atom is -0.457 e. The molecular formula is C34H47ClN4O5. The fourth-order valence-electron chi connectivity index (χ4n) is 6.40. The molecule has 0 bridgehead atoms. The molecule has 3 fully saturated rings. The third-order valence-corrected chi connectivity index (χ3v) is 8.90. The van der Waals surface area contributed by atoms with Crippen molar-refractivity contribution < 1.29 is 23.9 Å². The Morgan fingerprint density at radius 2 is 1.59 bits per heavy atom. The Bertz CT molecular complexity index is 1260. The van der Waals surface area contributed by atoms with E-state index in [1.165, 1.54) is 5.56 Å². The van der Waals surface area contributed by atoms with Crippen LogP contribution in [0.25, 0.3) is 0 Å². The molecule has 1 spiro atoms. The summed E-state index contributed by atoms with van der Waals surface area (Å²) in [7, 11) is 0. The number of amides is 3. The van der Waals surface area contributed by atoms with Gasteiger partial charge in [-0.05, 0) is 73.6 Å². The second-order valence-electron chi connectivity index (χ2n) is 12.5. The first-order valence-corrected chi connectivity index (χ1v) is 15.9. The number of unbranched alkanes of at least 4 members (excludes halogenated alkanes) is 1. The van der Waals surface area contributed by atoms with Crippen LogP contribution in [0.1, 0.15) is 68.8 Å². The van der Waals surface area contributed by atoms with Crippen LogP contribution in [0.2, 0.25) is 0 Å². The van der Waals surface area contributed by atoms with Gasteiger partial charge in [-0.2, -0.15) is 0 Å². The Morgan fingerprint density at radius 3 is 2.18 bits per heavy atom. The Morgan fingerprint density at radius 1 is 0.977 bits per heavy atom. The number of piperazine rings is 1. The first kappa shape index (κ1) is 33.7. The van der Waals surface area contributed by atoms with Crippen molar-refractivity contribution in [1.82, 2.24) is 20.0 Å². The number of benzene rings is 2. The molecule has 2 aromatic carbocycles. The highest BCUT2D eigenvalue weighted by molar-refractivity contribution is 6.00. The summed E-state index contributed by atoms with van der Waals surface area (Å²) in [6, 6.07) is 14.9. The van der Waals surface area contributed by atoms with Gasteiger partial charge in [-0.1, -0.05) is 39.3 Å². The molecule has 0 radical (unpaired) electrons. The number of likely N-dealkylation sites (tertiary alicyclic amines) is 1. The number of rotatable bonds is 10. The van der Waals surface area contributed by atoms with E-state index < -0.39 is 11.6 Å². The predicted octanol–water partition coefficient (Wildman–Crippen LogP) is 4.88. The third kappa shape index (κ3) is 7.73. The average Bonchev–Trinajstić information content (AvgIpc) is 3.02. The lowest BCUT2D eigenvalue weighted by Crippen LogP contribution is -2.73. The lowest BCUT2D eigenvalue weighted by Gasteiger charge is -2.52. The molecule has 2 aromatic rings. The predicted molar refractivity (Wildman–Crippen MR) is 172 cm³/mol. The van der Waals surface area contributed by atoms with Crippen LogP contribution in [-0.2, 0) is 20.9 Å². The van der Waals surface area contributed by atoms with E-state index in [2.05, 4.69) is 43.1 Å². The number of morpholine rings is 1. The zero-order chi connectivity index (χ0) is 30.4. The van der Waals surface area contributed by atoms with Crippen molar-refractivity contribution in [2.45, 2.75) is 71.0 Å². The van der Waals surface area contributed by atoms with Crippen molar-refractivity contribution in [3.05, 3.63) is 59.7 Å². The Balaban J connectivity index is 0.00000442. The molecule has 0 aromatic heterocycles. The van der Waals surface area contributed by atoms with E-state index in [-0.39, 0.29) is 30.1 Å². The van der Waals surface area contributed by atoms with Crippen LogP contribution in [-0.4, -0.2) is 89.9 Å². The highest BCUT2D eigenvalue weighted by Crippen LogP contribution is 2.35. The van der Waals surface area contributed by atoms with Crippen molar-refractivity contribution in [2.24, 2.45) is 5.92 Å². The van der Waals surface area contributed by atoms with E-state index in [4.69, 9.17) is 9.47 Å². The van der Waals surface area contributed by atoms with E-state index in [0.29, 0.717) is 69.3 Å². The van der Waals surface area contributed by atoms with E-state index in [1.807, 2.05) is 34.1 Å². The van der Waals surface area contributed by atoms with Crippen molar-refractivity contribution in [3.63, 3.8) is 0 Å². The van der Waals surface area contributed by atoms with E-state index in [9.17, 15) is 14.4 Å². The maximum Gasteiger partial charge on any atom is 0.254 e. The molecule has 3 amide bonds. The number of piperidine rings is 1. The molecule has 0 saturated carbocycles. The monoisotopic (exact) mass is 626 g/mol. The maximum atomic E-state index is 13.5. The quantitative estimate of drug-likeness (QED) is 0.404. The van der Waals surface area contributed by atoms with Crippen molar-refractivity contribution >= 4 is 30.1 Å². The van der Waals surface area contributed by atoms with Crippen LogP contribution >= 0.6 is 12.4 Å². The molecule has 0 aliphatic carbocycles. The van der Waals surface area contributed by atoms with Crippen LogP contribution in [0.5, 0.6) is 11.5 Å². The molecule has 5 rings (SSSR count). The van der Waals surface area contributed by atoms with Crippen LogP contribution < -0.4 is 10.1 Å². The van der Waals surface area contributed by atoms with Gasteiger partial charge < -0.3 is 24.6 Å². The molecule has 44 heavy (non-hydrogen) atoms. The van der Waals surface area contributed by atoms with Crippen LogP contribution in [0.3, 0.4) is 0 Å². The molecule has 240 valence electrons. The van der Waals surface area contributed by atoms with E-state index >= 15 is 0 Å². The minimum absolute atomic E-state index is 0. The fourth-order valence-corrected chi connectivity index (χ4v) is 6.40. The summed E-state index contributed by atoms with van der Waals surface area (Å²) in [4.78, 5) is 45.8. The number of hydrogen-bond acceptors (Lipinski definition) is 6. The molecule has 3 saturated heterocycles. The maximum absolute atomic E-state index is 13.5. The van der Waals surface area contributed by atoms with Gasteiger partial charge >= 0.3 is 0 Å². The van der Waals surface area contributed by atoms with Crippen molar-refractivity contribution in [3.8, 4) is 11.5 Å². The number of carbonyl (C=O) groups is 3. The zero-order valence-corrected chi connectivity index (χ0v) is 27.1. The van der Waals surface area contributed by atoms with Crippen molar-refractivity contribution in [1.29, 1.82) is 0 Å². The SMILES string of the molecule is CCCCN1C(=O)[C@H](CC(C)C)NC(=O)C12CCN(Cc1ccc(Oc3ccc(C(=O)N4CCOCC4)cc3)cc1)CC2.Cl. The molecule has 3 aliphatic rings. The fraction of sp³-hybridized carbons (Fsp3) is 0.559. The summed E-state index contributed by atoms with van der Waals surface area (Å²) < 4.78 is 11.4. The van der Waals surface area contributed by atoms with Gasteiger partial charge in [0.1, 0.15) is 23.1 Å². The topological polar surface area (TPSA) is 91.4 Å². The van der Waals surface area contributed by atoms with Gasteiger partial charge in [0.15, 0.2) is 0 Å². The first-order chi connectivity index (χ1) is 20.8. The van der Waals surface area contributed by atoms with Crippen LogP contribution in [0, 0.1) is 5.92 Å². The van der Waals surface area contributed by atoms with Gasteiger partial charge in [-0.15, -0.1) is 12.4 Å². The number of hydrogen-bond donors (Lipinski definition) is 1. The molecule has 3 heterocycles. The standard InChI is InChI=1S/C34H46N4O5.ClH/c1-4-5-16-38-32(40)30(23-25(2)3)35-33(41)34(38)14-17-36(18-15-34)24-26-6-10-28(11-7-26)43-29-12-8-27(9-13-29)31(39)37-19-21-42-22-20-37;/h6-13,25,30H,4-5,14-24H2,1-3H3,(H,35,41);1H/t30-;/m0./s1. The average molecular weight is 627 g/mol. The van der Waals surface area contributed by atoms with Gasteiger partial charge in [0.2, 0.25) is 11.8 Å². The molecule has 1 N–H and O–H groups in total. The molecular weight excluding hydrogens is 580 g/mol. The second-order valence-corrected chi connectivity index (χ2v) is 12.5. The molecule has 1 atom stereocenters. The summed E-state index contributed by atoms with van der Waals surface area (Å²) in [6.45, 7) is 11.6. The lowest BCUT2D eigenvalue weighted by atomic mass is 9.80. The summed E-state index contributed by atoms with van der Waals surface area (Å²) in [5, 5.41) is 3.09. The first-order valence-electron chi connectivity index (χ1n) is 15.9. The van der Waals surface area contributed by atoms with E-state index in [0.717, 1.165) is 38.2 Å².